The zero-order chi connectivity index (χ0) is 11.1. The number of ether oxygens (including phenoxy) is 2. The second kappa shape index (κ2) is 6.37. The van der Waals surface area contributed by atoms with Crippen molar-refractivity contribution < 1.29 is 24.2 Å². The van der Waals surface area contributed by atoms with Gasteiger partial charge in [0.1, 0.15) is 0 Å². The molecule has 0 rings (SSSR count). The average molecular weight is 204 g/mol. The molecule has 0 spiro atoms. The standard InChI is InChI=1S/C9H16O5/c1-4-13-7(5-8(10)11)9(12)14-6(2)3/h6-7H,4-5H2,1-3H3,(H,10,11). The van der Waals surface area contributed by atoms with Gasteiger partial charge in [-0.3, -0.25) is 4.79 Å². The van der Waals surface area contributed by atoms with E-state index in [1.165, 1.54) is 0 Å². The second-order valence-corrected chi connectivity index (χ2v) is 3.03. The predicted octanol–water partition coefficient (Wildman–Crippen LogP) is 0.818. The molecule has 5 nitrogen and oxygen atoms in total. The molecule has 0 aliphatic heterocycles. The Morgan fingerprint density at radius 1 is 1.36 bits per heavy atom. The van der Waals surface area contributed by atoms with Gasteiger partial charge in [0.2, 0.25) is 0 Å². The molecule has 0 bridgehead atoms. The number of hydrogen-bond acceptors (Lipinski definition) is 4. The Kier molecular flexibility index (Phi) is 5.87. The fourth-order valence-electron chi connectivity index (χ4n) is 0.878. The Morgan fingerprint density at radius 2 is 1.93 bits per heavy atom. The molecule has 14 heavy (non-hydrogen) atoms. The van der Waals surface area contributed by atoms with Gasteiger partial charge in [-0.25, -0.2) is 4.79 Å². The van der Waals surface area contributed by atoms with Crippen LogP contribution < -0.4 is 0 Å². The Labute approximate surface area is 83.0 Å². The smallest absolute Gasteiger partial charge is 0.336 e. The van der Waals surface area contributed by atoms with Gasteiger partial charge in [-0.15, -0.1) is 0 Å². The highest BCUT2D eigenvalue weighted by Gasteiger charge is 2.24. The molecule has 0 fully saturated rings. The molecular formula is C9H16O5. The average Bonchev–Trinajstić information content (AvgIpc) is 2.01. The number of carboxylic acids is 1. The van der Waals surface area contributed by atoms with E-state index >= 15 is 0 Å². The summed E-state index contributed by atoms with van der Waals surface area (Å²) in [5.41, 5.74) is 0. The van der Waals surface area contributed by atoms with Gasteiger partial charge in [-0.2, -0.15) is 0 Å². The van der Waals surface area contributed by atoms with Gasteiger partial charge < -0.3 is 14.6 Å². The fraction of sp³-hybridized carbons (Fsp3) is 0.778. The van der Waals surface area contributed by atoms with E-state index in [2.05, 4.69) is 0 Å². The first kappa shape index (κ1) is 12.9. The Hall–Kier alpha value is -1.10. The topological polar surface area (TPSA) is 72.8 Å². The summed E-state index contributed by atoms with van der Waals surface area (Å²) in [6.45, 7) is 5.37. The van der Waals surface area contributed by atoms with Crippen molar-refractivity contribution in [2.24, 2.45) is 0 Å². The third-order valence-corrected chi connectivity index (χ3v) is 1.34. The lowest BCUT2D eigenvalue weighted by atomic mass is 10.2. The van der Waals surface area contributed by atoms with Gasteiger partial charge in [0, 0.05) is 6.61 Å². The highest BCUT2D eigenvalue weighted by molar-refractivity contribution is 5.81. The van der Waals surface area contributed by atoms with Crippen molar-refractivity contribution in [1.29, 1.82) is 0 Å². The number of carbonyl (C=O) groups is 2. The van der Waals surface area contributed by atoms with E-state index in [0.717, 1.165) is 0 Å². The molecule has 0 amide bonds. The van der Waals surface area contributed by atoms with Crippen molar-refractivity contribution in [3.63, 3.8) is 0 Å². The summed E-state index contributed by atoms with van der Waals surface area (Å²) in [6, 6.07) is 0. The van der Waals surface area contributed by atoms with E-state index < -0.39 is 18.0 Å². The minimum atomic E-state index is -1.08. The van der Waals surface area contributed by atoms with Crippen LogP contribution >= 0.6 is 0 Å². The van der Waals surface area contributed by atoms with Gasteiger partial charge in [0.15, 0.2) is 6.10 Å². The number of esters is 1. The van der Waals surface area contributed by atoms with Crippen molar-refractivity contribution in [3.05, 3.63) is 0 Å². The van der Waals surface area contributed by atoms with E-state index in [1.54, 1.807) is 20.8 Å². The highest BCUT2D eigenvalue weighted by atomic mass is 16.6. The molecule has 0 saturated carbocycles. The Balaban J connectivity index is 4.17. The van der Waals surface area contributed by atoms with E-state index in [0.29, 0.717) is 0 Å². The zero-order valence-electron chi connectivity index (χ0n) is 8.65. The van der Waals surface area contributed by atoms with Crippen LogP contribution in [0.5, 0.6) is 0 Å². The molecule has 0 aromatic rings. The van der Waals surface area contributed by atoms with Crippen LogP contribution in [0.4, 0.5) is 0 Å². The van der Waals surface area contributed by atoms with Crippen molar-refractivity contribution >= 4 is 11.9 Å². The summed E-state index contributed by atoms with van der Waals surface area (Å²) in [5.74, 6) is -1.70. The summed E-state index contributed by atoms with van der Waals surface area (Å²) in [4.78, 5) is 21.7. The van der Waals surface area contributed by atoms with Gasteiger partial charge in [0.25, 0.3) is 0 Å². The third-order valence-electron chi connectivity index (χ3n) is 1.34. The Bertz CT molecular complexity index is 199. The van der Waals surface area contributed by atoms with Crippen LogP contribution in [0.25, 0.3) is 0 Å². The first-order valence-electron chi connectivity index (χ1n) is 4.51. The van der Waals surface area contributed by atoms with Gasteiger partial charge in [-0.05, 0) is 20.8 Å². The van der Waals surface area contributed by atoms with Crippen molar-refractivity contribution in [1.82, 2.24) is 0 Å². The maximum absolute atomic E-state index is 11.3. The minimum absolute atomic E-state index is 0.265. The second-order valence-electron chi connectivity index (χ2n) is 3.03. The molecule has 1 atom stereocenters. The molecule has 0 aromatic carbocycles. The molecule has 0 aromatic heterocycles. The van der Waals surface area contributed by atoms with Crippen molar-refractivity contribution in [2.45, 2.75) is 39.4 Å². The number of hydrogen-bond donors (Lipinski definition) is 1. The molecule has 0 aliphatic carbocycles. The Morgan fingerprint density at radius 3 is 2.29 bits per heavy atom. The summed E-state index contributed by atoms with van der Waals surface area (Å²) >= 11 is 0. The molecule has 82 valence electrons. The zero-order valence-corrected chi connectivity index (χ0v) is 8.65. The summed E-state index contributed by atoms with van der Waals surface area (Å²) < 4.78 is 9.80. The van der Waals surface area contributed by atoms with Crippen LogP contribution in [0, 0.1) is 0 Å². The van der Waals surface area contributed by atoms with E-state index in [1.807, 2.05) is 0 Å². The number of carbonyl (C=O) groups excluding carboxylic acids is 1. The maximum atomic E-state index is 11.3. The predicted molar refractivity (Wildman–Crippen MR) is 48.9 cm³/mol. The lowest BCUT2D eigenvalue weighted by Crippen LogP contribution is -2.31. The fourth-order valence-corrected chi connectivity index (χ4v) is 0.878. The van der Waals surface area contributed by atoms with Crippen molar-refractivity contribution in [3.8, 4) is 0 Å². The van der Waals surface area contributed by atoms with Gasteiger partial charge >= 0.3 is 11.9 Å². The van der Waals surface area contributed by atoms with Crippen LogP contribution in [-0.2, 0) is 19.1 Å². The quantitative estimate of drug-likeness (QED) is 0.648. The lowest BCUT2D eigenvalue weighted by Gasteiger charge is -2.15. The van der Waals surface area contributed by atoms with E-state index in [9.17, 15) is 9.59 Å². The van der Waals surface area contributed by atoms with Crippen LogP contribution in [0.3, 0.4) is 0 Å². The molecular weight excluding hydrogens is 188 g/mol. The first-order valence-corrected chi connectivity index (χ1v) is 4.51. The normalized spacial score (nSPS) is 12.6. The first-order chi connectivity index (χ1) is 6.47. The largest absolute Gasteiger partial charge is 0.481 e. The SMILES string of the molecule is CCOC(CC(=O)O)C(=O)OC(C)C. The van der Waals surface area contributed by atoms with E-state index in [4.69, 9.17) is 14.6 Å². The van der Waals surface area contributed by atoms with E-state index in [-0.39, 0.29) is 19.1 Å². The molecule has 1 N–H and O–H groups in total. The molecule has 5 heteroatoms. The maximum Gasteiger partial charge on any atom is 0.336 e. The number of rotatable bonds is 6. The highest BCUT2D eigenvalue weighted by Crippen LogP contribution is 2.04. The summed E-state index contributed by atoms with van der Waals surface area (Å²) in [5, 5.41) is 8.51. The monoisotopic (exact) mass is 204 g/mol. The van der Waals surface area contributed by atoms with Crippen LogP contribution in [0.15, 0.2) is 0 Å². The van der Waals surface area contributed by atoms with Crippen LogP contribution in [0.1, 0.15) is 27.2 Å². The molecule has 0 aliphatic rings. The number of aliphatic carboxylic acids is 1. The molecule has 0 radical (unpaired) electrons. The summed E-state index contributed by atoms with van der Waals surface area (Å²) in [6.07, 6.45) is -1.63. The lowest BCUT2D eigenvalue weighted by molar-refractivity contribution is -0.165. The molecule has 0 saturated heterocycles. The van der Waals surface area contributed by atoms with Crippen molar-refractivity contribution in [2.75, 3.05) is 6.61 Å². The van der Waals surface area contributed by atoms with Gasteiger partial charge in [-0.1, -0.05) is 0 Å². The molecule has 0 heterocycles. The number of carboxylic acid groups (broad SMARTS) is 1. The van der Waals surface area contributed by atoms with Crippen LogP contribution in [-0.4, -0.2) is 35.9 Å². The third kappa shape index (κ3) is 5.53. The molecule has 1 unspecified atom stereocenters. The summed E-state index contributed by atoms with van der Waals surface area (Å²) in [7, 11) is 0. The van der Waals surface area contributed by atoms with Gasteiger partial charge in [0.05, 0.1) is 12.5 Å². The minimum Gasteiger partial charge on any atom is -0.481 e. The van der Waals surface area contributed by atoms with Crippen LogP contribution in [0.2, 0.25) is 0 Å².